The number of ether oxygens (including phenoxy) is 1. The fraction of sp³-hybridized carbons (Fsp3) is 0.250. The van der Waals surface area contributed by atoms with Crippen molar-refractivity contribution in [3.05, 3.63) is 60.4 Å². The average Bonchev–Trinajstić information content (AvgIpc) is 3.26. The highest BCUT2D eigenvalue weighted by Crippen LogP contribution is 2.15. The summed E-state index contributed by atoms with van der Waals surface area (Å²) in [5, 5.41) is 13.7. The summed E-state index contributed by atoms with van der Waals surface area (Å²) >= 11 is 0. The first-order valence-electron chi connectivity index (χ1n) is 9.05. The van der Waals surface area contributed by atoms with E-state index in [0.29, 0.717) is 17.9 Å². The molecule has 0 saturated carbocycles. The van der Waals surface area contributed by atoms with E-state index in [1.807, 2.05) is 6.92 Å². The zero-order valence-electron chi connectivity index (χ0n) is 15.5. The molecule has 0 spiro atoms. The molecule has 0 bridgehead atoms. The Labute approximate surface area is 162 Å². The number of carbonyl (C=O) groups is 2. The smallest absolute Gasteiger partial charge is 0.224 e. The van der Waals surface area contributed by atoms with Gasteiger partial charge in [0.05, 0.1) is 12.3 Å². The third-order valence-electron chi connectivity index (χ3n) is 3.99. The van der Waals surface area contributed by atoms with E-state index in [1.54, 1.807) is 48.5 Å². The van der Waals surface area contributed by atoms with Gasteiger partial charge in [0.1, 0.15) is 12.1 Å². The molecule has 8 heteroatoms. The van der Waals surface area contributed by atoms with Crippen molar-refractivity contribution in [1.82, 2.24) is 20.2 Å². The number of ketones is 1. The van der Waals surface area contributed by atoms with E-state index in [-0.39, 0.29) is 24.5 Å². The number of nitrogens with one attached hydrogen (secondary N) is 1. The minimum absolute atomic E-state index is 0.0776. The van der Waals surface area contributed by atoms with Gasteiger partial charge in [-0.2, -0.15) is 0 Å². The highest BCUT2D eigenvalue weighted by Gasteiger charge is 2.10. The van der Waals surface area contributed by atoms with Crippen LogP contribution in [0.25, 0.3) is 5.69 Å². The fourth-order valence-electron chi connectivity index (χ4n) is 2.53. The van der Waals surface area contributed by atoms with Gasteiger partial charge in [0.2, 0.25) is 5.91 Å². The van der Waals surface area contributed by atoms with Gasteiger partial charge >= 0.3 is 0 Å². The van der Waals surface area contributed by atoms with Gasteiger partial charge in [-0.05, 0) is 65.4 Å². The van der Waals surface area contributed by atoms with Gasteiger partial charge in [0.25, 0.3) is 0 Å². The maximum Gasteiger partial charge on any atom is 0.224 e. The number of carbonyl (C=O) groups excluding carboxylic acids is 2. The van der Waals surface area contributed by atoms with Crippen LogP contribution >= 0.6 is 0 Å². The van der Waals surface area contributed by atoms with Gasteiger partial charge in [0, 0.05) is 24.1 Å². The Bertz CT molecular complexity index is 906. The molecule has 0 atom stereocenters. The van der Waals surface area contributed by atoms with Crippen LogP contribution in [0.2, 0.25) is 0 Å². The van der Waals surface area contributed by atoms with Crippen molar-refractivity contribution in [3.8, 4) is 11.4 Å². The molecule has 0 fully saturated rings. The molecule has 8 nitrogen and oxygen atoms in total. The van der Waals surface area contributed by atoms with Crippen molar-refractivity contribution in [2.45, 2.75) is 26.2 Å². The molecule has 28 heavy (non-hydrogen) atoms. The number of benzene rings is 2. The number of amides is 1. The molecule has 1 aromatic heterocycles. The Hall–Kier alpha value is -3.55. The van der Waals surface area contributed by atoms with Gasteiger partial charge in [0.15, 0.2) is 5.78 Å². The predicted molar refractivity (Wildman–Crippen MR) is 104 cm³/mol. The lowest BCUT2D eigenvalue weighted by molar-refractivity contribution is -0.116. The molecule has 0 aliphatic rings. The molecule has 1 amide bonds. The largest absolute Gasteiger partial charge is 0.494 e. The zero-order chi connectivity index (χ0) is 19.8. The molecular weight excluding hydrogens is 358 g/mol. The summed E-state index contributed by atoms with van der Waals surface area (Å²) in [6.45, 7) is 2.68. The van der Waals surface area contributed by atoms with Crippen LogP contribution in [-0.4, -0.2) is 38.5 Å². The number of rotatable bonds is 9. The van der Waals surface area contributed by atoms with Crippen LogP contribution in [0, 0.1) is 0 Å². The molecule has 3 aromatic rings. The summed E-state index contributed by atoms with van der Waals surface area (Å²) in [5.74, 6) is 0.443. The number of hydrogen-bond donors (Lipinski definition) is 1. The van der Waals surface area contributed by atoms with Gasteiger partial charge < -0.3 is 10.1 Å². The van der Waals surface area contributed by atoms with E-state index in [0.717, 1.165) is 17.9 Å². The van der Waals surface area contributed by atoms with Crippen molar-refractivity contribution in [2.75, 3.05) is 11.9 Å². The molecule has 3 rings (SSSR count). The van der Waals surface area contributed by atoms with E-state index >= 15 is 0 Å². The standard InChI is InChI=1S/C20H21N5O3/c1-2-13-28-18-9-3-15(4-10-18)19(26)11-12-20(27)22-16-5-7-17(8-6-16)25-14-21-23-24-25/h3-10,14H,2,11-13H2,1H3,(H,22,27). The number of anilines is 1. The molecule has 0 unspecified atom stereocenters. The summed E-state index contributed by atoms with van der Waals surface area (Å²) in [5.41, 5.74) is 2.00. The van der Waals surface area contributed by atoms with Crippen LogP contribution in [0.5, 0.6) is 5.75 Å². The maximum atomic E-state index is 12.3. The second-order valence-corrected chi connectivity index (χ2v) is 6.15. The monoisotopic (exact) mass is 379 g/mol. The molecular formula is C20H21N5O3. The minimum Gasteiger partial charge on any atom is -0.494 e. The van der Waals surface area contributed by atoms with Crippen molar-refractivity contribution >= 4 is 17.4 Å². The van der Waals surface area contributed by atoms with Crippen molar-refractivity contribution in [3.63, 3.8) is 0 Å². The molecule has 0 saturated heterocycles. The van der Waals surface area contributed by atoms with E-state index in [4.69, 9.17) is 4.74 Å². The Morgan fingerprint density at radius 1 is 1.04 bits per heavy atom. The van der Waals surface area contributed by atoms with Crippen LogP contribution in [0.1, 0.15) is 36.5 Å². The van der Waals surface area contributed by atoms with Gasteiger partial charge in [-0.15, -0.1) is 5.10 Å². The minimum atomic E-state index is -0.216. The second kappa shape index (κ2) is 9.40. The highest BCUT2D eigenvalue weighted by molar-refractivity contribution is 6.00. The number of tetrazole rings is 1. The van der Waals surface area contributed by atoms with Crippen LogP contribution in [-0.2, 0) is 4.79 Å². The quantitative estimate of drug-likeness (QED) is 0.574. The summed E-state index contributed by atoms with van der Waals surface area (Å²) in [6, 6.07) is 14.1. The van der Waals surface area contributed by atoms with Gasteiger partial charge in [-0.25, -0.2) is 4.68 Å². The third-order valence-corrected chi connectivity index (χ3v) is 3.99. The van der Waals surface area contributed by atoms with Gasteiger partial charge in [-0.3, -0.25) is 9.59 Å². The lowest BCUT2D eigenvalue weighted by Crippen LogP contribution is -2.13. The first-order valence-corrected chi connectivity index (χ1v) is 9.05. The molecule has 2 aromatic carbocycles. The number of aromatic nitrogens is 4. The summed E-state index contributed by atoms with van der Waals surface area (Å²) < 4.78 is 7.02. The van der Waals surface area contributed by atoms with E-state index in [2.05, 4.69) is 20.8 Å². The van der Waals surface area contributed by atoms with Gasteiger partial charge in [-0.1, -0.05) is 6.92 Å². The first-order chi connectivity index (χ1) is 13.7. The Balaban J connectivity index is 1.47. The van der Waals surface area contributed by atoms with E-state index in [1.165, 1.54) is 11.0 Å². The summed E-state index contributed by atoms with van der Waals surface area (Å²) in [7, 11) is 0. The molecule has 1 N–H and O–H groups in total. The first kappa shape index (κ1) is 19.2. The molecule has 1 heterocycles. The van der Waals surface area contributed by atoms with Crippen LogP contribution in [0.3, 0.4) is 0 Å². The van der Waals surface area contributed by atoms with Crippen molar-refractivity contribution in [2.24, 2.45) is 0 Å². The van der Waals surface area contributed by atoms with Crippen molar-refractivity contribution < 1.29 is 14.3 Å². The molecule has 0 aliphatic heterocycles. The van der Waals surface area contributed by atoms with Crippen LogP contribution < -0.4 is 10.1 Å². The Morgan fingerprint density at radius 2 is 1.79 bits per heavy atom. The Morgan fingerprint density at radius 3 is 2.43 bits per heavy atom. The third kappa shape index (κ3) is 5.23. The maximum absolute atomic E-state index is 12.3. The van der Waals surface area contributed by atoms with Crippen LogP contribution in [0.4, 0.5) is 5.69 Å². The highest BCUT2D eigenvalue weighted by atomic mass is 16.5. The number of Topliss-reactive ketones (excluding diaryl/α,β-unsaturated/α-hetero) is 1. The van der Waals surface area contributed by atoms with E-state index < -0.39 is 0 Å². The fourth-order valence-corrected chi connectivity index (χ4v) is 2.53. The molecule has 144 valence electrons. The van der Waals surface area contributed by atoms with Crippen molar-refractivity contribution in [1.29, 1.82) is 0 Å². The predicted octanol–water partition coefficient (Wildman–Crippen LogP) is 3.05. The van der Waals surface area contributed by atoms with E-state index in [9.17, 15) is 9.59 Å². The lowest BCUT2D eigenvalue weighted by Gasteiger charge is -2.07. The second-order valence-electron chi connectivity index (χ2n) is 6.15. The summed E-state index contributed by atoms with van der Waals surface area (Å²) in [4.78, 5) is 24.4. The average molecular weight is 379 g/mol. The normalized spacial score (nSPS) is 10.5. The number of nitrogens with zero attached hydrogens (tertiary/aromatic N) is 4. The zero-order valence-corrected chi connectivity index (χ0v) is 15.5. The molecule has 0 aliphatic carbocycles. The Kier molecular flexibility index (Phi) is 6.46. The SMILES string of the molecule is CCCOc1ccc(C(=O)CCC(=O)Nc2ccc(-n3cnnn3)cc2)cc1. The lowest BCUT2D eigenvalue weighted by atomic mass is 10.1. The number of hydrogen-bond acceptors (Lipinski definition) is 6. The molecule has 0 radical (unpaired) electrons. The summed E-state index contributed by atoms with van der Waals surface area (Å²) in [6.07, 6.45) is 2.67. The topological polar surface area (TPSA) is 99.0 Å². The van der Waals surface area contributed by atoms with Crippen LogP contribution in [0.15, 0.2) is 54.9 Å².